The summed E-state index contributed by atoms with van der Waals surface area (Å²) in [5, 5.41) is 0. The maximum atomic E-state index is 12.9. The third-order valence-electron chi connectivity index (χ3n) is 5.50. The van der Waals surface area contributed by atoms with Gasteiger partial charge >= 0.3 is 5.76 Å². The van der Waals surface area contributed by atoms with Crippen LogP contribution in [0.3, 0.4) is 0 Å². The number of aromatic nitrogens is 1. The Kier molecular flexibility index (Phi) is 5.69. The Balaban J connectivity index is 1.38. The summed E-state index contributed by atoms with van der Waals surface area (Å²) in [6, 6.07) is 15.5. The fourth-order valence-electron chi connectivity index (χ4n) is 4.12. The minimum atomic E-state index is -0.368. The first kappa shape index (κ1) is 19.3. The Morgan fingerprint density at radius 3 is 2.76 bits per heavy atom. The van der Waals surface area contributed by atoms with Gasteiger partial charge in [0.15, 0.2) is 5.58 Å². The number of aryl methyl sites for hydroxylation is 1. The average Bonchev–Trinajstić information content (AvgIpc) is 3.34. The third kappa shape index (κ3) is 4.06. The molecular formula is C23H26N2O4. The fraction of sp³-hybridized carbons (Fsp3) is 0.391. The Morgan fingerprint density at radius 1 is 1.17 bits per heavy atom. The molecule has 6 nitrogen and oxygen atoms in total. The van der Waals surface area contributed by atoms with Crippen LogP contribution in [-0.4, -0.2) is 28.5 Å². The third-order valence-corrected chi connectivity index (χ3v) is 5.50. The number of carbonyl (C=O) groups is 1. The van der Waals surface area contributed by atoms with Gasteiger partial charge in [-0.25, -0.2) is 4.79 Å². The summed E-state index contributed by atoms with van der Waals surface area (Å²) >= 11 is 0. The lowest BCUT2D eigenvalue weighted by atomic mass is 10.0. The molecule has 0 N–H and O–H groups in total. The van der Waals surface area contributed by atoms with Gasteiger partial charge < -0.3 is 14.1 Å². The van der Waals surface area contributed by atoms with Crippen molar-refractivity contribution in [3.63, 3.8) is 0 Å². The second-order valence-corrected chi connectivity index (χ2v) is 7.34. The summed E-state index contributed by atoms with van der Waals surface area (Å²) in [7, 11) is 0. The van der Waals surface area contributed by atoms with E-state index < -0.39 is 0 Å². The van der Waals surface area contributed by atoms with E-state index in [1.165, 1.54) is 0 Å². The summed E-state index contributed by atoms with van der Waals surface area (Å²) in [4.78, 5) is 26.9. The topological polar surface area (TPSA) is 64.7 Å². The number of para-hydroxylation sites is 2. The molecule has 29 heavy (non-hydrogen) atoms. The van der Waals surface area contributed by atoms with Crippen LogP contribution in [0.4, 0.5) is 0 Å². The van der Waals surface area contributed by atoms with Crippen molar-refractivity contribution in [1.29, 1.82) is 0 Å². The first-order valence-electron chi connectivity index (χ1n) is 10.3. The van der Waals surface area contributed by atoms with Crippen LogP contribution in [0.5, 0.6) is 5.75 Å². The van der Waals surface area contributed by atoms with E-state index >= 15 is 0 Å². The van der Waals surface area contributed by atoms with Gasteiger partial charge in [0, 0.05) is 19.5 Å². The van der Waals surface area contributed by atoms with Crippen LogP contribution in [0, 0.1) is 0 Å². The maximum absolute atomic E-state index is 12.9. The van der Waals surface area contributed by atoms with Gasteiger partial charge in [-0.1, -0.05) is 24.3 Å². The Bertz CT molecular complexity index is 1030. The van der Waals surface area contributed by atoms with Crippen LogP contribution in [-0.2, 0) is 11.3 Å². The molecule has 2 heterocycles. The zero-order chi connectivity index (χ0) is 20.2. The minimum absolute atomic E-state index is 0.121. The highest BCUT2D eigenvalue weighted by Crippen LogP contribution is 2.33. The van der Waals surface area contributed by atoms with Crippen molar-refractivity contribution in [3.05, 3.63) is 64.6 Å². The number of nitrogens with zero attached hydrogens (tertiary/aromatic N) is 2. The molecule has 0 radical (unpaired) electrons. The highest BCUT2D eigenvalue weighted by Gasteiger charge is 2.29. The van der Waals surface area contributed by atoms with E-state index in [-0.39, 0.29) is 17.7 Å². The quantitative estimate of drug-likeness (QED) is 0.604. The number of carbonyl (C=O) groups excluding carboxylic acids is 1. The molecule has 0 aliphatic carbocycles. The van der Waals surface area contributed by atoms with Crippen LogP contribution in [0.15, 0.2) is 57.7 Å². The van der Waals surface area contributed by atoms with Gasteiger partial charge in [-0.15, -0.1) is 0 Å². The van der Waals surface area contributed by atoms with Gasteiger partial charge in [-0.05, 0) is 56.0 Å². The number of fused-ring (bicyclic) bond motifs is 1. The van der Waals surface area contributed by atoms with Crippen molar-refractivity contribution in [3.8, 4) is 5.75 Å². The van der Waals surface area contributed by atoms with Crippen molar-refractivity contribution in [1.82, 2.24) is 9.47 Å². The van der Waals surface area contributed by atoms with Crippen LogP contribution < -0.4 is 10.5 Å². The molecule has 6 heteroatoms. The number of oxazole rings is 1. The van der Waals surface area contributed by atoms with Crippen molar-refractivity contribution >= 4 is 17.0 Å². The Hall–Kier alpha value is -3.02. The van der Waals surface area contributed by atoms with Gasteiger partial charge in [-0.2, -0.15) is 0 Å². The molecule has 1 amide bonds. The van der Waals surface area contributed by atoms with Crippen molar-refractivity contribution in [2.75, 3.05) is 13.2 Å². The average molecular weight is 394 g/mol. The van der Waals surface area contributed by atoms with Crippen LogP contribution in [0.25, 0.3) is 11.1 Å². The monoisotopic (exact) mass is 394 g/mol. The molecule has 1 aliphatic heterocycles. The van der Waals surface area contributed by atoms with Crippen LogP contribution >= 0.6 is 0 Å². The van der Waals surface area contributed by atoms with Gasteiger partial charge in [0.1, 0.15) is 5.75 Å². The molecule has 1 aromatic heterocycles. The van der Waals surface area contributed by atoms with E-state index in [0.29, 0.717) is 31.6 Å². The standard InChI is InChI=1S/C23H26N2O4/c1-2-28-18-13-11-17(12-14-18)19-8-5-15-24(19)22(26)10-6-16-25-20-7-3-4-9-21(20)29-23(25)27/h3-4,7,9,11-14,19H,2,5-6,8,10,15-16H2,1H3/t19-/m1/s1. The van der Waals surface area contributed by atoms with Gasteiger partial charge in [0.25, 0.3) is 0 Å². The van der Waals surface area contributed by atoms with E-state index in [9.17, 15) is 9.59 Å². The van der Waals surface area contributed by atoms with Gasteiger partial charge in [0.05, 0.1) is 18.2 Å². The smallest absolute Gasteiger partial charge is 0.419 e. The van der Waals surface area contributed by atoms with E-state index in [4.69, 9.17) is 9.15 Å². The fourth-order valence-corrected chi connectivity index (χ4v) is 4.12. The molecule has 0 spiro atoms. The molecule has 4 rings (SSSR count). The van der Waals surface area contributed by atoms with Crippen LogP contribution in [0.1, 0.15) is 44.2 Å². The zero-order valence-corrected chi connectivity index (χ0v) is 16.7. The van der Waals surface area contributed by atoms with Gasteiger partial charge in [-0.3, -0.25) is 9.36 Å². The number of rotatable bonds is 7. The maximum Gasteiger partial charge on any atom is 0.419 e. The first-order valence-corrected chi connectivity index (χ1v) is 10.3. The van der Waals surface area contributed by atoms with Crippen LogP contribution in [0.2, 0.25) is 0 Å². The molecule has 1 saturated heterocycles. The molecule has 1 atom stereocenters. The number of ether oxygens (including phenoxy) is 1. The lowest BCUT2D eigenvalue weighted by molar-refractivity contribution is -0.132. The summed E-state index contributed by atoms with van der Waals surface area (Å²) < 4.78 is 12.4. The SMILES string of the molecule is CCOc1ccc([C@H]2CCCN2C(=O)CCCn2c(=O)oc3ccccc32)cc1. The molecule has 2 aromatic carbocycles. The van der Waals surface area contributed by atoms with E-state index in [1.807, 2.05) is 42.2 Å². The second-order valence-electron chi connectivity index (χ2n) is 7.34. The predicted molar refractivity (Wildman–Crippen MR) is 111 cm³/mol. The molecule has 3 aromatic rings. The first-order chi connectivity index (χ1) is 14.2. The molecule has 1 fully saturated rings. The van der Waals surface area contributed by atoms with E-state index in [0.717, 1.165) is 36.2 Å². The Morgan fingerprint density at radius 2 is 1.97 bits per heavy atom. The summed E-state index contributed by atoms with van der Waals surface area (Å²) in [6.07, 6.45) is 3.01. The highest BCUT2D eigenvalue weighted by molar-refractivity contribution is 5.77. The summed E-state index contributed by atoms with van der Waals surface area (Å²) in [5.74, 6) is 0.624. The predicted octanol–water partition coefficient (Wildman–Crippen LogP) is 4.14. The molecule has 0 bridgehead atoms. The lowest BCUT2D eigenvalue weighted by Gasteiger charge is -2.25. The molecule has 1 aliphatic rings. The molecular weight excluding hydrogens is 368 g/mol. The second kappa shape index (κ2) is 8.55. The highest BCUT2D eigenvalue weighted by atomic mass is 16.5. The largest absolute Gasteiger partial charge is 0.494 e. The molecule has 152 valence electrons. The minimum Gasteiger partial charge on any atom is -0.494 e. The van der Waals surface area contributed by atoms with Crippen molar-refractivity contribution < 1.29 is 13.9 Å². The summed E-state index contributed by atoms with van der Waals surface area (Å²) in [6.45, 7) is 3.86. The number of amides is 1. The number of hydrogen-bond donors (Lipinski definition) is 0. The lowest BCUT2D eigenvalue weighted by Crippen LogP contribution is -2.30. The number of likely N-dealkylation sites (tertiary alicyclic amines) is 1. The van der Waals surface area contributed by atoms with Crippen molar-refractivity contribution in [2.24, 2.45) is 0 Å². The number of benzene rings is 2. The number of hydrogen-bond acceptors (Lipinski definition) is 4. The zero-order valence-electron chi connectivity index (χ0n) is 16.7. The summed E-state index contributed by atoms with van der Waals surface area (Å²) in [5.41, 5.74) is 2.51. The molecule has 0 saturated carbocycles. The van der Waals surface area contributed by atoms with E-state index in [1.54, 1.807) is 10.6 Å². The van der Waals surface area contributed by atoms with E-state index in [2.05, 4.69) is 12.1 Å². The van der Waals surface area contributed by atoms with Gasteiger partial charge in [0.2, 0.25) is 5.91 Å². The Labute approximate surface area is 169 Å². The van der Waals surface area contributed by atoms with Crippen molar-refractivity contribution in [2.45, 2.75) is 45.2 Å². The normalized spacial score (nSPS) is 16.4. The molecule has 0 unspecified atom stereocenters.